The van der Waals surface area contributed by atoms with Crippen molar-refractivity contribution in [1.29, 1.82) is 0 Å². The zero-order valence-electron chi connectivity index (χ0n) is 13.1. The summed E-state index contributed by atoms with van der Waals surface area (Å²) in [4.78, 5) is 11.6. The maximum absolute atomic E-state index is 4.58. The molecule has 0 aromatic carbocycles. The highest BCUT2D eigenvalue weighted by Crippen LogP contribution is 2.26. The normalized spacial score (nSPS) is 14.9. The molecule has 5 nitrogen and oxygen atoms in total. The second kappa shape index (κ2) is 6.88. The Kier molecular flexibility index (Phi) is 5.17. The van der Waals surface area contributed by atoms with Crippen molar-refractivity contribution < 1.29 is 0 Å². The van der Waals surface area contributed by atoms with E-state index >= 15 is 0 Å². The zero-order chi connectivity index (χ0) is 14.5. The molecule has 1 aromatic rings. The lowest BCUT2D eigenvalue weighted by Crippen LogP contribution is -2.31. The number of likely N-dealkylation sites (N-methyl/N-ethyl adjacent to an activating group) is 1. The molecule has 0 amide bonds. The smallest absolute Gasteiger partial charge is 0.135 e. The molecule has 2 rings (SSSR count). The molecule has 5 heteroatoms. The van der Waals surface area contributed by atoms with Gasteiger partial charge in [0.1, 0.15) is 17.5 Å². The Morgan fingerprint density at radius 3 is 2.55 bits per heavy atom. The molecule has 0 bridgehead atoms. The molecule has 0 aliphatic heterocycles. The predicted molar refractivity (Wildman–Crippen MR) is 84.4 cm³/mol. The molecule has 0 atom stereocenters. The molecular formula is C15H27N5. The van der Waals surface area contributed by atoms with E-state index in [4.69, 9.17) is 0 Å². The molecule has 112 valence electrons. The third-order valence-electron chi connectivity index (χ3n) is 3.69. The van der Waals surface area contributed by atoms with E-state index < -0.39 is 0 Å². The molecule has 20 heavy (non-hydrogen) atoms. The minimum atomic E-state index is 0.336. The molecule has 1 fully saturated rings. The highest BCUT2D eigenvalue weighted by Gasteiger charge is 2.27. The van der Waals surface area contributed by atoms with Crippen LogP contribution >= 0.6 is 0 Å². The second-order valence-corrected chi connectivity index (χ2v) is 5.69. The molecule has 0 spiro atoms. The SMILES string of the molecule is CCN(CCNc1cc(NC)nc(C(C)C)n1)C1CC1. The van der Waals surface area contributed by atoms with E-state index in [9.17, 15) is 0 Å². The van der Waals surface area contributed by atoms with Gasteiger partial charge in [0.2, 0.25) is 0 Å². The van der Waals surface area contributed by atoms with Crippen LogP contribution in [0.2, 0.25) is 0 Å². The fraction of sp³-hybridized carbons (Fsp3) is 0.733. The van der Waals surface area contributed by atoms with Crippen molar-refractivity contribution in [1.82, 2.24) is 14.9 Å². The third kappa shape index (κ3) is 4.07. The predicted octanol–water partition coefficient (Wildman–Crippen LogP) is 2.54. The molecule has 1 aromatic heterocycles. The summed E-state index contributed by atoms with van der Waals surface area (Å²) < 4.78 is 0. The van der Waals surface area contributed by atoms with E-state index in [0.717, 1.165) is 43.1 Å². The Labute approximate surface area is 122 Å². The lowest BCUT2D eigenvalue weighted by Gasteiger charge is -2.20. The van der Waals surface area contributed by atoms with Crippen LogP contribution < -0.4 is 10.6 Å². The van der Waals surface area contributed by atoms with Gasteiger partial charge in [-0.3, -0.25) is 4.90 Å². The molecule has 1 aliphatic rings. The van der Waals surface area contributed by atoms with Gasteiger partial charge in [-0.25, -0.2) is 9.97 Å². The first-order valence-electron chi connectivity index (χ1n) is 7.68. The van der Waals surface area contributed by atoms with Crippen molar-refractivity contribution in [3.05, 3.63) is 11.9 Å². The van der Waals surface area contributed by atoms with E-state index in [0.29, 0.717) is 5.92 Å². The number of anilines is 2. The lowest BCUT2D eigenvalue weighted by atomic mass is 10.2. The number of nitrogens with zero attached hydrogens (tertiary/aromatic N) is 3. The van der Waals surface area contributed by atoms with Crippen LogP contribution in [0.5, 0.6) is 0 Å². The van der Waals surface area contributed by atoms with Crippen LogP contribution in [0.1, 0.15) is 45.4 Å². The Balaban J connectivity index is 1.92. The van der Waals surface area contributed by atoms with Gasteiger partial charge >= 0.3 is 0 Å². The molecule has 2 N–H and O–H groups in total. The summed E-state index contributed by atoms with van der Waals surface area (Å²) in [5, 5.41) is 6.53. The van der Waals surface area contributed by atoms with E-state index in [1.165, 1.54) is 12.8 Å². The quantitative estimate of drug-likeness (QED) is 0.765. The first-order valence-corrected chi connectivity index (χ1v) is 7.68. The Bertz CT molecular complexity index is 428. The first-order chi connectivity index (χ1) is 9.63. The van der Waals surface area contributed by atoms with Crippen molar-refractivity contribution in [2.45, 2.75) is 45.6 Å². The molecule has 1 saturated carbocycles. The van der Waals surface area contributed by atoms with Crippen molar-refractivity contribution in [2.75, 3.05) is 37.3 Å². The van der Waals surface area contributed by atoms with Crippen molar-refractivity contribution in [3.63, 3.8) is 0 Å². The standard InChI is InChI=1S/C15H27N5/c1-5-20(12-6-7-12)9-8-17-14-10-13(16-4)18-15(19-14)11(2)3/h10-12H,5-9H2,1-4H3,(H2,16,17,18,19). The van der Waals surface area contributed by atoms with E-state index in [1.54, 1.807) is 0 Å². The minimum absolute atomic E-state index is 0.336. The van der Waals surface area contributed by atoms with Gasteiger partial charge in [-0.15, -0.1) is 0 Å². The van der Waals surface area contributed by atoms with Crippen LogP contribution in [0.15, 0.2) is 6.07 Å². The monoisotopic (exact) mass is 277 g/mol. The van der Waals surface area contributed by atoms with Crippen molar-refractivity contribution in [2.24, 2.45) is 0 Å². The number of hydrogen-bond donors (Lipinski definition) is 2. The number of rotatable bonds is 8. The lowest BCUT2D eigenvalue weighted by molar-refractivity contribution is 0.289. The first kappa shape index (κ1) is 15.0. The average Bonchev–Trinajstić information content (AvgIpc) is 3.27. The summed E-state index contributed by atoms with van der Waals surface area (Å²) in [6, 6.07) is 2.80. The summed E-state index contributed by atoms with van der Waals surface area (Å²) >= 11 is 0. The van der Waals surface area contributed by atoms with Gasteiger partial charge in [-0.05, 0) is 19.4 Å². The summed E-state index contributed by atoms with van der Waals surface area (Å²) in [5.41, 5.74) is 0. The minimum Gasteiger partial charge on any atom is -0.373 e. The summed E-state index contributed by atoms with van der Waals surface area (Å²) in [6.45, 7) is 9.61. The maximum Gasteiger partial charge on any atom is 0.135 e. The van der Waals surface area contributed by atoms with Gasteiger partial charge in [0.05, 0.1) is 0 Å². The van der Waals surface area contributed by atoms with Gasteiger partial charge in [-0.2, -0.15) is 0 Å². The fourth-order valence-electron chi connectivity index (χ4n) is 2.31. The summed E-state index contributed by atoms with van der Waals surface area (Å²) in [6.07, 6.45) is 2.73. The van der Waals surface area contributed by atoms with Crippen LogP contribution in [0.25, 0.3) is 0 Å². The highest BCUT2D eigenvalue weighted by atomic mass is 15.2. The number of hydrogen-bond acceptors (Lipinski definition) is 5. The summed E-state index contributed by atoms with van der Waals surface area (Å²) in [5.74, 6) is 3.01. The van der Waals surface area contributed by atoms with Crippen LogP contribution in [0.3, 0.4) is 0 Å². The Morgan fingerprint density at radius 1 is 1.30 bits per heavy atom. The molecule has 0 unspecified atom stereocenters. The largest absolute Gasteiger partial charge is 0.373 e. The number of nitrogens with one attached hydrogen (secondary N) is 2. The van der Waals surface area contributed by atoms with Gasteiger partial charge < -0.3 is 10.6 Å². The van der Waals surface area contributed by atoms with E-state index in [-0.39, 0.29) is 0 Å². The third-order valence-corrected chi connectivity index (χ3v) is 3.69. The van der Waals surface area contributed by atoms with Crippen molar-refractivity contribution in [3.8, 4) is 0 Å². The topological polar surface area (TPSA) is 53.1 Å². The van der Waals surface area contributed by atoms with E-state index in [1.807, 2.05) is 13.1 Å². The van der Waals surface area contributed by atoms with Gasteiger partial charge in [0.15, 0.2) is 0 Å². The van der Waals surface area contributed by atoms with Crippen LogP contribution in [0.4, 0.5) is 11.6 Å². The Morgan fingerprint density at radius 2 is 2.00 bits per heavy atom. The molecule has 0 radical (unpaired) electrons. The zero-order valence-corrected chi connectivity index (χ0v) is 13.1. The van der Waals surface area contributed by atoms with Crippen LogP contribution in [0, 0.1) is 0 Å². The average molecular weight is 277 g/mol. The second-order valence-electron chi connectivity index (χ2n) is 5.69. The molecular weight excluding hydrogens is 250 g/mol. The van der Waals surface area contributed by atoms with Gasteiger partial charge in [-0.1, -0.05) is 20.8 Å². The fourth-order valence-corrected chi connectivity index (χ4v) is 2.31. The number of aromatic nitrogens is 2. The van der Waals surface area contributed by atoms with Crippen LogP contribution in [-0.2, 0) is 0 Å². The maximum atomic E-state index is 4.58. The Hall–Kier alpha value is -1.36. The van der Waals surface area contributed by atoms with Crippen molar-refractivity contribution >= 4 is 11.6 Å². The van der Waals surface area contributed by atoms with Gasteiger partial charge in [0, 0.05) is 38.2 Å². The molecule has 1 aliphatic carbocycles. The van der Waals surface area contributed by atoms with Gasteiger partial charge in [0.25, 0.3) is 0 Å². The summed E-state index contributed by atoms with van der Waals surface area (Å²) in [7, 11) is 1.89. The van der Waals surface area contributed by atoms with Crippen LogP contribution in [-0.4, -0.2) is 47.6 Å². The highest BCUT2D eigenvalue weighted by molar-refractivity contribution is 5.47. The molecule has 1 heterocycles. The molecule has 0 saturated heterocycles. The van der Waals surface area contributed by atoms with E-state index in [2.05, 4.69) is 46.3 Å².